The summed E-state index contributed by atoms with van der Waals surface area (Å²) in [5, 5.41) is 6.35. The minimum Gasteiger partial charge on any atom is -0.435 e. The van der Waals surface area contributed by atoms with Crippen molar-refractivity contribution in [1.29, 1.82) is 0 Å². The average molecular weight is 334 g/mol. The van der Waals surface area contributed by atoms with Gasteiger partial charge in [0.25, 0.3) is 0 Å². The van der Waals surface area contributed by atoms with Crippen LogP contribution in [-0.4, -0.2) is 15.9 Å². The fourth-order valence-electron chi connectivity index (χ4n) is 2.31. The molecular weight excluding hydrogens is 320 g/mol. The van der Waals surface area contributed by atoms with Crippen molar-refractivity contribution in [3.63, 3.8) is 0 Å². The van der Waals surface area contributed by atoms with Crippen LogP contribution in [0, 0.1) is 11.8 Å². The van der Waals surface area contributed by atoms with Gasteiger partial charge < -0.3 is 10.1 Å². The van der Waals surface area contributed by atoms with E-state index in [0.29, 0.717) is 22.3 Å². The minimum absolute atomic E-state index is 0.0930. The van der Waals surface area contributed by atoms with Crippen molar-refractivity contribution >= 4 is 28.2 Å². The summed E-state index contributed by atoms with van der Waals surface area (Å²) in [6.07, 6.45) is 4.37. The average Bonchev–Trinajstić information content (AvgIpc) is 2.64. The standard InChI is InChI=1S/C18H14N4O3/c1-3-16(23)21-13-6-7-15(17-12(13)5-4-8-19-17)25-18-14(22-24)9-11(2)10-20-18/h3-10H,1H2,2H3,(H,21,23). The van der Waals surface area contributed by atoms with Crippen LogP contribution in [0.3, 0.4) is 0 Å². The van der Waals surface area contributed by atoms with Crippen molar-refractivity contribution in [2.45, 2.75) is 6.92 Å². The Kier molecular flexibility index (Phi) is 4.47. The van der Waals surface area contributed by atoms with Gasteiger partial charge in [-0.2, -0.15) is 0 Å². The van der Waals surface area contributed by atoms with Crippen LogP contribution in [0.4, 0.5) is 11.4 Å². The van der Waals surface area contributed by atoms with Crippen LogP contribution in [0.15, 0.2) is 60.6 Å². The zero-order valence-electron chi connectivity index (χ0n) is 13.4. The van der Waals surface area contributed by atoms with Gasteiger partial charge in [0, 0.05) is 17.8 Å². The summed E-state index contributed by atoms with van der Waals surface area (Å²) in [6.45, 7) is 5.24. The maximum absolute atomic E-state index is 11.6. The number of aryl methyl sites for hydroxylation is 1. The van der Waals surface area contributed by atoms with Gasteiger partial charge in [0.2, 0.25) is 11.8 Å². The van der Waals surface area contributed by atoms with Crippen molar-refractivity contribution in [2.24, 2.45) is 5.18 Å². The fraction of sp³-hybridized carbons (Fsp3) is 0.0556. The highest BCUT2D eigenvalue weighted by atomic mass is 16.5. The molecule has 7 heteroatoms. The van der Waals surface area contributed by atoms with E-state index in [-0.39, 0.29) is 17.5 Å². The second-order valence-electron chi connectivity index (χ2n) is 5.23. The van der Waals surface area contributed by atoms with Gasteiger partial charge in [0.15, 0.2) is 11.4 Å². The molecule has 0 aliphatic carbocycles. The van der Waals surface area contributed by atoms with E-state index in [4.69, 9.17) is 4.74 Å². The van der Waals surface area contributed by atoms with Crippen molar-refractivity contribution < 1.29 is 9.53 Å². The molecule has 2 heterocycles. The van der Waals surface area contributed by atoms with E-state index < -0.39 is 0 Å². The van der Waals surface area contributed by atoms with Crippen molar-refractivity contribution in [3.8, 4) is 11.6 Å². The number of nitrogens with zero attached hydrogens (tertiary/aromatic N) is 3. The molecule has 1 N–H and O–H groups in total. The predicted octanol–water partition coefficient (Wildman–Crippen LogP) is 4.25. The lowest BCUT2D eigenvalue weighted by Crippen LogP contribution is -2.07. The van der Waals surface area contributed by atoms with Gasteiger partial charge in [-0.05, 0) is 54.1 Å². The summed E-state index contributed by atoms with van der Waals surface area (Å²) >= 11 is 0. The number of rotatable bonds is 5. The van der Waals surface area contributed by atoms with E-state index in [1.165, 1.54) is 6.08 Å². The number of amides is 1. The van der Waals surface area contributed by atoms with E-state index in [0.717, 1.165) is 5.56 Å². The van der Waals surface area contributed by atoms with Crippen molar-refractivity contribution in [2.75, 3.05) is 5.32 Å². The Hall–Kier alpha value is -3.61. The number of benzene rings is 1. The summed E-state index contributed by atoms with van der Waals surface area (Å²) in [7, 11) is 0. The lowest BCUT2D eigenvalue weighted by molar-refractivity contribution is -0.111. The lowest BCUT2D eigenvalue weighted by atomic mass is 10.1. The zero-order valence-corrected chi connectivity index (χ0v) is 13.4. The van der Waals surface area contributed by atoms with Crippen LogP contribution < -0.4 is 10.1 Å². The first-order chi connectivity index (χ1) is 12.1. The number of ether oxygens (including phenoxy) is 1. The molecule has 0 spiro atoms. The monoisotopic (exact) mass is 334 g/mol. The Morgan fingerprint density at radius 2 is 2.16 bits per heavy atom. The van der Waals surface area contributed by atoms with Crippen LogP contribution in [-0.2, 0) is 4.79 Å². The summed E-state index contributed by atoms with van der Waals surface area (Å²) in [5.74, 6) is 0.162. The third-order valence-electron chi connectivity index (χ3n) is 3.45. The number of hydrogen-bond donors (Lipinski definition) is 1. The van der Waals surface area contributed by atoms with Gasteiger partial charge >= 0.3 is 0 Å². The molecule has 0 bridgehead atoms. The maximum Gasteiger partial charge on any atom is 0.249 e. The number of fused-ring (bicyclic) bond motifs is 1. The first-order valence-electron chi connectivity index (χ1n) is 7.41. The molecule has 0 unspecified atom stereocenters. The molecule has 3 aromatic rings. The minimum atomic E-state index is -0.327. The Labute approximate surface area is 143 Å². The summed E-state index contributed by atoms with van der Waals surface area (Å²) in [6, 6.07) is 8.46. The fourth-order valence-corrected chi connectivity index (χ4v) is 2.31. The lowest BCUT2D eigenvalue weighted by Gasteiger charge is -2.12. The molecule has 1 amide bonds. The van der Waals surface area contributed by atoms with Crippen LogP contribution in [0.25, 0.3) is 10.9 Å². The predicted molar refractivity (Wildman–Crippen MR) is 95.1 cm³/mol. The van der Waals surface area contributed by atoms with E-state index in [9.17, 15) is 9.70 Å². The number of anilines is 1. The number of carbonyl (C=O) groups is 1. The number of aromatic nitrogens is 2. The number of carbonyl (C=O) groups excluding carboxylic acids is 1. The van der Waals surface area contributed by atoms with E-state index >= 15 is 0 Å². The molecule has 25 heavy (non-hydrogen) atoms. The summed E-state index contributed by atoms with van der Waals surface area (Å²) < 4.78 is 5.75. The molecule has 7 nitrogen and oxygen atoms in total. The smallest absolute Gasteiger partial charge is 0.249 e. The van der Waals surface area contributed by atoms with Crippen molar-refractivity contribution in [3.05, 3.63) is 65.9 Å². The van der Waals surface area contributed by atoms with Crippen molar-refractivity contribution in [1.82, 2.24) is 9.97 Å². The molecule has 0 aliphatic heterocycles. The van der Waals surface area contributed by atoms with Gasteiger partial charge in [0.1, 0.15) is 5.52 Å². The van der Waals surface area contributed by atoms with E-state index in [2.05, 4.69) is 27.0 Å². The Balaban J connectivity index is 2.06. The third-order valence-corrected chi connectivity index (χ3v) is 3.45. The first-order valence-corrected chi connectivity index (χ1v) is 7.41. The summed E-state index contributed by atoms with van der Waals surface area (Å²) in [4.78, 5) is 31.0. The van der Waals surface area contributed by atoms with Crippen LogP contribution in [0.1, 0.15) is 5.56 Å². The highest BCUT2D eigenvalue weighted by Gasteiger charge is 2.13. The Bertz CT molecular complexity index is 985. The molecule has 3 rings (SSSR count). The highest BCUT2D eigenvalue weighted by molar-refractivity contribution is 6.06. The normalized spacial score (nSPS) is 10.3. The largest absolute Gasteiger partial charge is 0.435 e. The zero-order chi connectivity index (χ0) is 17.8. The first kappa shape index (κ1) is 16.3. The highest BCUT2D eigenvalue weighted by Crippen LogP contribution is 2.35. The maximum atomic E-state index is 11.6. The second kappa shape index (κ2) is 6.88. The number of nitrogens with one attached hydrogen (secondary N) is 1. The Morgan fingerprint density at radius 1 is 1.32 bits per heavy atom. The molecule has 0 aliphatic rings. The number of pyridine rings is 2. The third kappa shape index (κ3) is 3.35. The van der Waals surface area contributed by atoms with Crippen LogP contribution in [0.2, 0.25) is 0 Å². The molecule has 2 aromatic heterocycles. The SMILES string of the molecule is C=CC(=O)Nc1ccc(Oc2ncc(C)cc2N=O)c2ncccc12. The van der Waals surface area contributed by atoms with Gasteiger partial charge in [-0.1, -0.05) is 6.58 Å². The molecule has 0 saturated heterocycles. The second-order valence-corrected chi connectivity index (χ2v) is 5.23. The van der Waals surface area contributed by atoms with Gasteiger partial charge in [-0.15, -0.1) is 4.91 Å². The molecular formula is C18H14N4O3. The molecule has 0 saturated carbocycles. The Morgan fingerprint density at radius 3 is 2.92 bits per heavy atom. The van der Waals surface area contributed by atoms with Gasteiger partial charge in [-0.3, -0.25) is 9.78 Å². The molecule has 1 aromatic carbocycles. The van der Waals surface area contributed by atoms with E-state index in [1.807, 2.05) is 0 Å². The topological polar surface area (TPSA) is 93.5 Å². The molecule has 124 valence electrons. The summed E-state index contributed by atoms with van der Waals surface area (Å²) in [5.41, 5.74) is 2.00. The number of hydrogen-bond acceptors (Lipinski definition) is 6. The van der Waals surface area contributed by atoms with Crippen LogP contribution in [0.5, 0.6) is 11.6 Å². The number of nitroso groups, excluding NO2 is 1. The quantitative estimate of drug-likeness (QED) is 0.556. The van der Waals surface area contributed by atoms with Gasteiger partial charge in [-0.25, -0.2) is 4.98 Å². The van der Waals surface area contributed by atoms with Gasteiger partial charge in [0.05, 0.1) is 5.69 Å². The molecule has 0 fully saturated rings. The van der Waals surface area contributed by atoms with E-state index in [1.54, 1.807) is 49.6 Å². The van der Waals surface area contributed by atoms with Crippen LogP contribution >= 0.6 is 0 Å². The molecule has 0 radical (unpaired) electrons. The molecule has 0 atom stereocenters.